The van der Waals surface area contributed by atoms with Gasteiger partial charge in [-0.2, -0.15) is 0 Å². The third-order valence-corrected chi connectivity index (χ3v) is 4.35. The predicted octanol–water partition coefficient (Wildman–Crippen LogP) is 1.96. The van der Waals surface area contributed by atoms with Crippen LogP contribution < -0.4 is 5.32 Å². The van der Waals surface area contributed by atoms with E-state index in [2.05, 4.69) is 24.1 Å². The molecule has 0 aromatic carbocycles. The van der Waals surface area contributed by atoms with Gasteiger partial charge in [-0.05, 0) is 50.2 Å². The SMILES string of the molecule is CCC1CCCN(CC2CNCC2C)C1. The first-order chi connectivity index (χ1) is 7.29. The van der Waals surface area contributed by atoms with Crippen LogP contribution in [0.25, 0.3) is 0 Å². The Morgan fingerprint density at radius 2 is 2.20 bits per heavy atom. The summed E-state index contributed by atoms with van der Waals surface area (Å²) in [6.45, 7) is 11.3. The molecule has 0 spiro atoms. The highest BCUT2D eigenvalue weighted by molar-refractivity contribution is 4.82. The van der Waals surface area contributed by atoms with Crippen molar-refractivity contribution in [3.63, 3.8) is 0 Å². The Morgan fingerprint density at radius 1 is 1.33 bits per heavy atom. The second-order valence-electron chi connectivity index (χ2n) is 5.57. The lowest BCUT2D eigenvalue weighted by atomic mass is 9.92. The smallest absolute Gasteiger partial charge is 0.00249 e. The molecule has 2 saturated heterocycles. The Morgan fingerprint density at radius 3 is 2.87 bits per heavy atom. The quantitative estimate of drug-likeness (QED) is 0.766. The highest BCUT2D eigenvalue weighted by Gasteiger charge is 2.27. The van der Waals surface area contributed by atoms with Crippen LogP contribution in [0.5, 0.6) is 0 Å². The summed E-state index contributed by atoms with van der Waals surface area (Å²) in [5.41, 5.74) is 0. The topological polar surface area (TPSA) is 15.3 Å². The van der Waals surface area contributed by atoms with Crippen molar-refractivity contribution in [2.75, 3.05) is 32.7 Å². The van der Waals surface area contributed by atoms with E-state index in [0.717, 1.165) is 17.8 Å². The van der Waals surface area contributed by atoms with Crippen LogP contribution >= 0.6 is 0 Å². The summed E-state index contributed by atoms with van der Waals surface area (Å²) in [4.78, 5) is 2.71. The summed E-state index contributed by atoms with van der Waals surface area (Å²) >= 11 is 0. The summed E-state index contributed by atoms with van der Waals surface area (Å²) in [7, 11) is 0. The number of likely N-dealkylation sites (tertiary alicyclic amines) is 1. The Hall–Kier alpha value is -0.0800. The Bertz CT molecular complexity index is 193. The van der Waals surface area contributed by atoms with Crippen molar-refractivity contribution in [3.05, 3.63) is 0 Å². The van der Waals surface area contributed by atoms with E-state index in [1.165, 1.54) is 52.0 Å². The van der Waals surface area contributed by atoms with Gasteiger partial charge in [0.1, 0.15) is 0 Å². The van der Waals surface area contributed by atoms with E-state index in [-0.39, 0.29) is 0 Å². The van der Waals surface area contributed by atoms with Crippen molar-refractivity contribution in [3.8, 4) is 0 Å². The average Bonchev–Trinajstić information content (AvgIpc) is 2.65. The molecule has 3 unspecified atom stereocenters. The molecule has 0 aliphatic carbocycles. The van der Waals surface area contributed by atoms with Gasteiger partial charge in [-0.25, -0.2) is 0 Å². The largest absolute Gasteiger partial charge is 0.316 e. The number of piperidine rings is 1. The molecule has 0 bridgehead atoms. The fraction of sp³-hybridized carbons (Fsp3) is 1.00. The average molecular weight is 210 g/mol. The van der Waals surface area contributed by atoms with Gasteiger partial charge in [-0.3, -0.25) is 0 Å². The second-order valence-corrected chi connectivity index (χ2v) is 5.57. The van der Waals surface area contributed by atoms with Gasteiger partial charge in [0, 0.05) is 13.1 Å². The lowest BCUT2D eigenvalue weighted by Gasteiger charge is -2.34. The van der Waals surface area contributed by atoms with Gasteiger partial charge in [0.15, 0.2) is 0 Å². The Kier molecular flexibility index (Phi) is 4.04. The van der Waals surface area contributed by atoms with E-state index < -0.39 is 0 Å². The summed E-state index contributed by atoms with van der Waals surface area (Å²) < 4.78 is 0. The first kappa shape index (κ1) is 11.4. The number of nitrogens with one attached hydrogen (secondary N) is 1. The molecular formula is C13H26N2. The molecule has 3 atom stereocenters. The maximum absolute atomic E-state index is 3.51. The van der Waals surface area contributed by atoms with Crippen molar-refractivity contribution in [1.82, 2.24) is 10.2 Å². The molecule has 1 N–H and O–H groups in total. The van der Waals surface area contributed by atoms with Gasteiger partial charge in [-0.1, -0.05) is 20.3 Å². The molecule has 2 aliphatic heterocycles. The second kappa shape index (κ2) is 5.31. The first-order valence-corrected chi connectivity index (χ1v) is 6.72. The number of hydrogen-bond donors (Lipinski definition) is 1. The van der Waals surface area contributed by atoms with Gasteiger partial charge in [-0.15, -0.1) is 0 Å². The fourth-order valence-corrected chi connectivity index (χ4v) is 3.09. The van der Waals surface area contributed by atoms with Crippen LogP contribution in [0.15, 0.2) is 0 Å². The van der Waals surface area contributed by atoms with E-state index in [9.17, 15) is 0 Å². The van der Waals surface area contributed by atoms with Crippen LogP contribution in [0, 0.1) is 17.8 Å². The van der Waals surface area contributed by atoms with Gasteiger partial charge in [0.25, 0.3) is 0 Å². The monoisotopic (exact) mass is 210 g/mol. The maximum Gasteiger partial charge on any atom is 0.00249 e. The minimum atomic E-state index is 0.881. The van der Waals surface area contributed by atoms with Crippen molar-refractivity contribution in [1.29, 1.82) is 0 Å². The molecule has 2 aliphatic rings. The van der Waals surface area contributed by atoms with E-state index in [1.54, 1.807) is 0 Å². The molecule has 0 aromatic rings. The van der Waals surface area contributed by atoms with E-state index in [4.69, 9.17) is 0 Å². The third-order valence-electron chi connectivity index (χ3n) is 4.35. The Labute approximate surface area is 94.4 Å². The predicted molar refractivity (Wildman–Crippen MR) is 65.0 cm³/mol. The number of hydrogen-bond acceptors (Lipinski definition) is 2. The van der Waals surface area contributed by atoms with Crippen LogP contribution in [0.2, 0.25) is 0 Å². The number of rotatable bonds is 3. The molecule has 2 heterocycles. The molecule has 15 heavy (non-hydrogen) atoms. The molecule has 0 aromatic heterocycles. The normalized spacial score (nSPS) is 38.4. The molecular weight excluding hydrogens is 184 g/mol. The zero-order valence-electron chi connectivity index (χ0n) is 10.3. The van der Waals surface area contributed by atoms with E-state index in [1.807, 2.05) is 0 Å². The molecule has 0 amide bonds. The standard InChI is InChI=1S/C13H26N2/c1-3-12-5-4-6-15(9-12)10-13-8-14-7-11(13)2/h11-14H,3-10H2,1-2H3. The molecule has 0 radical (unpaired) electrons. The summed E-state index contributed by atoms with van der Waals surface area (Å²) in [5.74, 6) is 2.76. The zero-order valence-corrected chi connectivity index (χ0v) is 10.3. The fourth-order valence-electron chi connectivity index (χ4n) is 3.09. The molecule has 0 saturated carbocycles. The third kappa shape index (κ3) is 2.94. The van der Waals surface area contributed by atoms with Crippen LogP contribution in [-0.4, -0.2) is 37.6 Å². The minimum Gasteiger partial charge on any atom is -0.316 e. The van der Waals surface area contributed by atoms with Gasteiger partial charge in [0.2, 0.25) is 0 Å². The van der Waals surface area contributed by atoms with E-state index in [0.29, 0.717) is 0 Å². The van der Waals surface area contributed by atoms with Gasteiger partial charge < -0.3 is 10.2 Å². The Balaban J connectivity index is 1.78. The molecule has 2 nitrogen and oxygen atoms in total. The number of nitrogens with zero attached hydrogens (tertiary/aromatic N) is 1. The molecule has 2 rings (SSSR count). The minimum absolute atomic E-state index is 0.881. The first-order valence-electron chi connectivity index (χ1n) is 6.72. The summed E-state index contributed by atoms with van der Waals surface area (Å²) in [6, 6.07) is 0. The van der Waals surface area contributed by atoms with Gasteiger partial charge in [0.05, 0.1) is 0 Å². The summed E-state index contributed by atoms with van der Waals surface area (Å²) in [6.07, 6.45) is 4.26. The lowest BCUT2D eigenvalue weighted by molar-refractivity contribution is 0.143. The highest BCUT2D eigenvalue weighted by Crippen LogP contribution is 2.23. The van der Waals surface area contributed by atoms with Crippen LogP contribution in [0.4, 0.5) is 0 Å². The summed E-state index contributed by atoms with van der Waals surface area (Å²) in [5, 5.41) is 3.51. The van der Waals surface area contributed by atoms with Crippen LogP contribution in [0.3, 0.4) is 0 Å². The zero-order chi connectivity index (χ0) is 10.7. The molecule has 2 fully saturated rings. The van der Waals surface area contributed by atoms with Crippen LogP contribution in [0.1, 0.15) is 33.1 Å². The maximum atomic E-state index is 3.51. The van der Waals surface area contributed by atoms with E-state index >= 15 is 0 Å². The molecule has 2 heteroatoms. The molecule has 88 valence electrons. The van der Waals surface area contributed by atoms with Crippen molar-refractivity contribution >= 4 is 0 Å². The van der Waals surface area contributed by atoms with Crippen molar-refractivity contribution in [2.45, 2.75) is 33.1 Å². The van der Waals surface area contributed by atoms with Crippen LogP contribution in [-0.2, 0) is 0 Å². The van der Waals surface area contributed by atoms with Crippen molar-refractivity contribution < 1.29 is 0 Å². The van der Waals surface area contributed by atoms with Gasteiger partial charge >= 0.3 is 0 Å². The lowest BCUT2D eigenvalue weighted by Crippen LogP contribution is -2.39. The van der Waals surface area contributed by atoms with Crippen molar-refractivity contribution in [2.24, 2.45) is 17.8 Å². The highest BCUT2D eigenvalue weighted by atomic mass is 15.1.